The summed E-state index contributed by atoms with van der Waals surface area (Å²) in [6.45, 7) is 5.78. The number of carbonyl (C=O) groups excluding carboxylic acids is 1. The second kappa shape index (κ2) is 10.1. The van der Waals surface area contributed by atoms with Crippen LogP contribution in [-0.2, 0) is 14.6 Å². The highest BCUT2D eigenvalue weighted by Gasteiger charge is 2.28. The smallest absolute Gasteiger partial charge is 0.222 e. The van der Waals surface area contributed by atoms with Gasteiger partial charge in [-0.15, -0.1) is 0 Å². The van der Waals surface area contributed by atoms with E-state index in [0.29, 0.717) is 51.4 Å². The van der Waals surface area contributed by atoms with Gasteiger partial charge in [0.25, 0.3) is 0 Å². The topological polar surface area (TPSA) is 94.1 Å². The van der Waals surface area contributed by atoms with Crippen LogP contribution < -0.4 is 15.5 Å². The Bertz CT molecular complexity index is 869. The van der Waals surface area contributed by atoms with Crippen molar-refractivity contribution in [2.24, 2.45) is 4.99 Å². The fraction of sp³-hybridized carbons (Fsp3) is 0.600. The predicted molar refractivity (Wildman–Crippen MR) is 116 cm³/mol. The molecule has 2 aliphatic rings. The number of guanidine groups is 1. The zero-order valence-electron chi connectivity index (χ0n) is 17.3. The Morgan fingerprint density at radius 2 is 1.97 bits per heavy atom. The number of carbonyl (C=O) groups is 1. The van der Waals surface area contributed by atoms with Crippen LogP contribution in [0.5, 0.6) is 0 Å². The molecule has 1 atom stereocenters. The van der Waals surface area contributed by atoms with Crippen molar-refractivity contribution >= 4 is 27.4 Å². The molecule has 2 N–H and O–H groups in total. The maximum atomic E-state index is 14.0. The van der Waals surface area contributed by atoms with Gasteiger partial charge < -0.3 is 20.4 Å². The average Bonchev–Trinajstić information content (AvgIpc) is 3.06. The van der Waals surface area contributed by atoms with Gasteiger partial charge in [0.2, 0.25) is 5.91 Å². The molecule has 2 fully saturated rings. The van der Waals surface area contributed by atoms with E-state index in [-0.39, 0.29) is 35.7 Å². The van der Waals surface area contributed by atoms with Gasteiger partial charge in [0.1, 0.15) is 5.82 Å². The van der Waals surface area contributed by atoms with E-state index in [9.17, 15) is 17.6 Å². The number of hydrogen-bond acceptors (Lipinski definition) is 5. The normalized spacial score (nSPS) is 21.5. The Balaban J connectivity index is 1.49. The number of rotatable bonds is 6. The van der Waals surface area contributed by atoms with Gasteiger partial charge in [-0.3, -0.25) is 9.79 Å². The van der Waals surface area contributed by atoms with Gasteiger partial charge in [-0.1, -0.05) is 12.1 Å². The molecule has 166 valence electrons. The van der Waals surface area contributed by atoms with E-state index in [4.69, 9.17) is 0 Å². The van der Waals surface area contributed by atoms with Gasteiger partial charge in [-0.25, -0.2) is 12.8 Å². The molecule has 3 rings (SSSR count). The van der Waals surface area contributed by atoms with Crippen molar-refractivity contribution in [3.05, 3.63) is 30.1 Å². The maximum absolute atomic E-state index is 14.0. The van der Waals surface area contributed by atoms with Crippen LogP contribution in [0.4, 0.5) is 10.1 Å². The van der Waals surface area contributed by atoms with Crippen molar-refractivity contribution in [2.45, 2.75) is 25.8 Å². The summed E-state index contributed by atoms with van der Waals surface area (Å²) in [6.07, 6.45) is 0.687. The number of aliphatic imine (C=N–C) groups is 1. The molecule has 2 aliphatic heterocycles. The third-order valence-electron chi connectivity index (χ3n) is 5.31. The van der Waals surface area contributed by atoms with Crippen LogP contribution in [-0.4, -0.2) is 82.0 Å². The molecule has 0 aromatic heterocycles. The summed E-state index contributed by atoms with van der Waals surface area (Å²) in [4.78, 5) is 20.8. The summed E-state index contributed by atoms with van der Waals surface area (Å²) in [7, 11) is -3.01. The van der Waals surface area contributed by atoms with Crippen molar-refractivity contribution in [1.82, 2.24) is 15.5 Å². The largest absolute Gasteiger partial charge is 0.366 e. The summed E-state index contributed by atoms with van der Waals surface area (Å²) >= 11 is 0. The number of amides is 1. The quantitative estimate of drug-likeness (QED) is 0.498. The minimum Gasteiger partial charge on any atom is -0.366 e. The first-order chi connectivity index (χ1) is 14.4. The number of nitrogens with one attached hydrogen (secondary N) is 2. The summed E-state index contributed by atoms with van der Waals surface area (Å²) in [5, 5.41) is 6.03. The molecule has 1 unspecified atom stereocenters. The first kappa shape index (κ1) is 22.3. The Morgan fingerprint density at radius 3 is 2.60 bits per heavy atom. The molecule has 8 nitrogen and oxygen atoms in total. The van der Waals surface area contributed by atoms with Gasteiger partial charge in [-0.05, 0) is 25.5 Å². The summed E-state index contributed by atoms with van der Waals surface area (Å²) in [5.74, 6) is 0.506. The van der Waals surface area contributed by atoms with Crippen LogP contribution in [0.2, 0.25) is 0 Å². The van der Waals surface area contributed by atoms with E-state index in [1.807, 2.05) is 17.9 Å². The van der Waals surface area contributed by atoms with E-state index in [1.54, 1.807) is 12.1 Å². The van der Waals surface area contributed by atoms with Gasteiger partial charge in [-0.2, -0.15) is 0 Å². The molecule has 2 heterocycles. The molecular formula is C20H30FN5O3S. The van der Waals surface area contributed by atoms with Crippen LogP contribution in [0.25, 0.3) is 0 Å². The number of hydrogen-bond donors (Lipinski definition) is 2. The molecule has 1 amide bonds. The molecule has 1 aromatic rings. The maximum Gasteiger partial charge on any atom is 0.222 e. The standard InChI is InChI=1S/C20H30FN5O3S/c1-2-22-20(23-9-7-19(27)24-16-8-14-30(28,29)15-16)26-12-10-25(11-13-26)18-6-4-3-5-17(18)21/h3-6,16H,2,7-15H2,1H3,(H,22,23)(H,24,27). The lowest BCUT2D eigenvalue weighted by Gasteiger charge is -2.37. The molecule has 0 radical (unpaired) electrons. The first-order valence-corrected chi connectivity index (χ1v) is 12.2. The fourth-order valence-corrected chi connectivity index (χ4v) is 5.44. The molecule has 0 aliphatic carbocycles. The zero-order chi connectivity index (χ0) is 21.6. The second-order valence-corrected chi connectivity index (χ2v) is 9.81. The lowest BCUT2D eigenvalue weighted by atomic mass is 10.2. The van der Waals surface area contributed by atoms with E-state index >= 15 is 0 Å². The molecule has 0 saturated carbocycles. The van der Waals surface area contributed by atoms with Crippen LogP contribution >= 0.6 is 0 Å². The van der Waals surface area contributed by atoms with Crippen molar-refractivity contribution in [2.75, 3.05) is 55.7 Å². The Labute approximate surface area is 177 Å². The highest BCUT2D eigenvalue weighted by atomic mass is 32.2. The molecule has 0 spiro atoms. The molecule has 2 saturated heterocycles. The Morgan fingerprint density at radius 1 is 1.23 bits per heavy atom. The second-order valence-electron chi connectivity index (χ2n) is 7.58. The SMILES string of the molecule is CCNC(=NCCC(=O)NC1CCS(=O)(=O)C1)N1CCN(c2ccccc2F)CC1. The summed E-state index contributed by atoms with van der Waals surface area (Å²) in [6, 6.07) is 6.50. The zero-order valence-corrected chi connectivity index (χ0v) is 18.1. The van der Waals surface area contributed by atoms with Gasteiger partial charge in [0, 0.05) is 45.2 Å². The molecule has 0 bridgehead atoms. The number of para-hydroxylation sites is 1. The molecule has 10 heteroatoms. The number of sulfone groups is 1. The van der Waals surface area contributed by atoms with Crippen LogP contribution in [0.3, 0.4) is 0 Å². The van der Waals surface area contributed by atoms with Crippen LogP contribution in [0.15, 0.2) is 29.3 Å². The predicted octanol–water partition coefficient (Wildman–Crippen LogP) is 0.607. The van der Waals surface area contributed by atoms with Crippen molar-refractivity contribution in [1.29, 1.82) is 0 Å². The Kier molecular flexibility index (Phi) is 7.52. The highest BCUT2D eigenvalue weighted by molar-refractivity contribution is 7.91. The van der Waals surface area contributed by atoms with Crippen molar-refractivity contribution < 1.29 is 17.6 Å². The van der Waals surface area contributed by atoms with Crippen molar-refractivity contribution in [3.63, 3.8) is 0 Å². The van der Waals surface area contributed by atoms with Gasteiger partial charge in [0.05, 0.1) is 23.7 Å². The minimum atomic E-state index is -3.01. The Hall–Kier alpha value is -2.36. The summed E-state index contributed by atoms with van der Waals surface area (Å²) < 4.78 is 37.0. The van der Waals surface area contributed by atoms with E-state index in [0.717, 1.165) is 5.96 Å². The van der Waals surface area contributed by atoms with Crippen LogP contribution in [0.1, 0.15) is 19.8 Å². The third-order valence-corrected chi connectivity index (χ3v) is 7.07. The van der Waals surface area contributed by atoms with Gasteiger partial charge in [0.15, 0.2) is 15.8 Å². The molecule has 30 heavy (non-hydrogen) atoms. The van der Waals surface area contributed by atoms with Gasteiger partial charge >= 0.3 is 0 Å². The van der Waals surface area contributed by atoms with E-state index in [2.05, 4.69) is 20.5 Å². The lowest BCUT2D eigenvalue weighted by Crippen LogP contribution is -2.52. The number of anilines is 1. The highest BCUT2D eigenvalue weighted by Crippen LogP contribution is 2.20. The monoisotopic (exact) mass is 439 g/mol. The van der Waals surface area contributed by atoms with E-state index < -0.39 is 9.84 Å². The third kappa shape index (κ3) is 6.07. The first-order valence-electron chi connectivity index (χ1n) is 10.4. The lowest BCUT2D eigenvalue weighted by molar-refractivity contribution is -0.121. The van der Waals surface area contributed by atoms with E-state index in [1.165, 1.54) is 6.07 Å². The van der Waals surface area contributed by atoms with Crippen molar-refractivity contribution in [3.8, 4) is 0 Å². The van der Waals surface area contributed by atoms with Crippen LogP contribution in [0, 0.1) is 5.82 Å². The fourth-order valence-electron chi connectivity index (χ4n) is 3.77. The summed E-state index contributed by atoms with van der Waals surface area (Å²) in [5.41, 5.74) is 0.615. The number of nitrogens with zero attached hydrogens (tertiary/aromatic N) is 3. The molecule has 1 aromatic carbocycles. The number of benzene rings is 1. The minimum absolute atomic E-state index is 0.0247. The molecular weight excluding hydrogens is 409 g/mol. The number of piperazine rings is 1. The number of halogens is 1. The average molecular weight is 440 g/mol.